The van der Waals surface area contributed by atoms with Gasteiger partial charge in [0.05, 0.1) is 29.5 Å². The van der Waals surface area contributed by atoms with Gasteiger partial charge in [-0.05, 0) is 72.6 Å². The molecule has 0 radical (unpaired) electrons. The second-order valence-corrected chi connectivity index (χ2v) is 7.33. The van der Waals surface area contributed by atoms with Crippen molar-refractivity contribution in [2.75, 3.05) is 7.11 Å². The maximum atomic E-state index is 12.3. The molecule has 0 atom stereocenters. The quantitative estimate of drug-likeness (QED) is 0.236. The molecule has 0 saturated heterocycles. The Labute approximate surface area is 189 Å². The number of methoxy groups -OCH3 is 1. The van der Waals surface area contributed by atoms with Crippen molar-refractivity contribution in [1.29, 1.82) is 0 Å². The Kier molecular flexibility index (Phi) is 7.28. The number of halogens is 2. The third kappa shape index (κ3) is 5.84. The van der Waals surface area contributed by atoms with E-state index in [0.717, 1.165) is 5.56 Å². The Morgan fingerprint density at radius 1 is 0.968 bits per heavy atom. The molecule has 0 spiro atoms. The summed E-state index contributed by atoms with van der Waals surface area (Å²) in [6.07, 6.45) is 1.44. The van der Waals surface area contributed by atoms with Gasteiger partial charge in [-0.2, -0.15) is 5.10 Å². The van der Waals surface area contributed by atoms with Crippen molar-refractivity contribution < 1.29 is 19.1 Å². The van der Waals surface area contributed by atoms with Crippen LogP contribution in [0.4, 0.5) is 0 Å². The maximum absolute atomic E-state index is 12.3. The van der Waals surface area contributed by atoms with Gasteiger partial charge in [-0.15, -0.1) is 0 Å². The molecule has 31 heavy (non-hydrogen) atoms. The van der Waals surface area contributed by atoms with Gasteiger partial charge in [0, 0.05) is 5.02 Å². The average molecular weight is 457 g/mol. The van der Waals surface area contributed by atoms with Gasteiger partial charge in [0.15, 0.2) is 11.5 Å². The van der Waals surface area contributed by atoms with Crippen LogP contribution in [0.25, 0.3) is 0 Å². The van der Waals surface area contributed by atoms with E-state index in [0.29, 0.717) is 32.5 Å². The van der Waals surface area contributed by atoms with Gasteiger partial charge < -0.3 is 9.47 Å². The van der Waals surface area contributed by atoms with Gasteiger partial charge >= 0.3 is 5.97 Å². The minimum Gasteiger partial charge on any atom is -0.493 e. The molecule has 6 nitrogen and oxygen atoms in total. The molecule has 0 bridgehead atoms. The maximum Gasteiger partial charge on any atom is 0.343 e. The first-order valence-corrected chi connectivity index (χ1v) is 9.88. The third-order valence-electron chi connectivity index (χ3n) is 4.22. The predicted molar refractivity (Wildman–Crippen MR) is 121 cm³/mol. The Hall–Kier alpha value is -3.35. The normalized spacial score (nSPS) is 10.7. The van der Waals surface area contributed by atoms with Crippen LogP contribution in [0.5, 0.6) is 11.5 Å². The molecular formula is C23H18Cl2N2O4. The van der Waals surface area contributed by atoms with Gasteiger partial charge in [0.25, 0.3) is 5.91 Å². The van der Waals surface area contributed by atoms with Crippen molar-refractivity contribution >= 4 is 41.3 Å². The van der Waals surface area contributed by atoms with Crippen molar-refractivity contribution in [2.45, 2.75) is 6.92 Å². The lowest BCUT2D eigenvalue weighted by molar-refractivity contribution is 0.0729. The molecule has 3 rings (SSSR count). The number of nitrogens with one attached hydrogen (secondary N) is 1. The van der Waals surface area contributed by atoms with Crippen LogP contribution < -0.4 is 14.9 Å². The van der Waals surface area contributed by atoms with E-state index in [4.69, 9.17) is 32.7 Å². The predicted octanol–water partition coefficient (Wildman–Crippen LogP) is 5.29. The molecule has 158 valence electrons. The topological polar surface area (TPSA) is 77.0 Å². The molecule has 0 heterocycles. The highest BCUT2D eigenvalue weighted by atomic mass is 35.5. The molecule has 3 aromatic carbocycles. The molecule has 0 unspecified atom stereocenters. The fraction of sp³-hybridized carbons (Fsp3) is 0.0870. The van der Waals surface area contributed by atoms with Crippen LogP contribution in [-0.2, 0) is 0 Å². The second kappa shape index (κ2) is 10.1. The number of hydrogen-bond donors (Lipinski definition) is 1. The molecule has 1 amide bonds. The van der Waals surface area contributed by atoms with Gasteiger partial charge in [0.2, 0.25) is 0 Å². The molecule has 0 fully saturated rings. The standard InChI is InChI=1S/C23H18Cl2N2O4/c1-14-3-9-18(19(25)11-14)22(28)27-26-13-15-4-10-20(21(12-15)30-2)31-23(29)16-5-7-17(24)8-6-16/h3-13H,1-2H3,(H,27,28)/b26-13-. The monoisotopic (exact) mass is 456 g/mol. The first kappa shape index (κ1) is 22.3. The van der Waals surface area contributed by atoms with Crippen molar-refractivity contribution in [3.05, 3.63) is 93.0 Å². The number of benzene rings is 3. The highest BCUT2D eigenvalue weighted by molar-refractivity contribution is 6.33. The average Bonchev–Trinajstić information content (AvgIpc) is 2.75. The number of amides is 1. The number of ether oxygens (including phenoxy) is 2. The van der Waals surface area contributed by atoms with E-state index in [1.54, 1.807) is 60.7 Å². The van der Waals surface area contributed by atoms with Crippen molar-refractivity contribution in [3.8, 4) is 11.5 Å². The van der Waals surface area contributed by atoms with Gasteiger partial charge in [0.1, 0.15) is 0 Å². The Bertz CT molecular complexity index is 1140. The number of hydrogen-bond acceptors (Lipinski definition) is 5. The molecule has 0 aliphatic rings. The smallest absolute Gasteiger partial charge is 0.343 e. The first-order chi connectivity index (χ1) is 14.9. The zero-order valence-corrected chi connectivity index (χ0v) is 18.2. The van der Waals surface area contributed by atoms with Crippen LogP contribution in [-0.4, -0.2) is 25.2 Å². The summed E-state index contributed by atoms with van der Waals surface area (Å²) >= 11 is 11.9. The summed E-state index contributed by atoms with van der Waals surface area (Å²) in [7, 11) is 1.46. The van der Waals surface area contributed by atoms with Gasteiger partial charge in [-0.25, -0.2) is 10.2 Å². The fourth-order valence-electron chi connectivity index (χ4n) is 2.62. The molecular weight excluding hydrogens is 439 g/mol. The van der Waals surface area contributed by atoms with Gasteiger partial charge in [-0.1, -0.05) is 29.3 Å². The molecule has 3 aromatic rings. The number of hydrazone groups is 1. The van der Waals surface area contributed by atoms with Crippen LogP contribution in [0.3, 0.4) is 0 Å². The SMILES string of the molecule is COc1cc(/C=N\NC(=O)c2ccc(C)cc2Cl)ccc1OC(=O)c1ccc(Cl)cc1. The lowest BCUT2D eigenvalue weighted by Crippen LogP contribution is -2.18. The second-order valence-electron chi connectivity index (χ2n) is 6.49. The molecule has 0 aromatic heterocycles. The number of carbonyl (C=O) groups excluding carboxylic acids is 2. The molecule has 1 N–H and O–H groups in total. The summed E-state index contributed by atoms with van der Waals surface area (Å²) in [5.74, 6) is -0.394. The van der Waals surface area contributed by atoms with E-state index < -0.39 is 11.9 Å². The first-order valence-electron chi connectivity index (χ1n) is 9.12. The van der Waals surface area contributed by atoms with Gasteiger partial charge in [-0.3, -0.25) is 4.79 Å². The van der Waals surface area contributed by atoms with Crippen molar-refractivity contribution in [1.82, 2.24) is 5.43 Å². The minimum absolute atomic E-state index is 0.245. The van der Waals surface area contributed by atoms with E-state index in [-0.39, 0.29) is 5.75 Å². The Morgan fingerprint density at radius 2 is 1.71 bits per heavy atom. The van der Waals surface area contributed by atoms with Crippen LogP contribution in [0.1, 0.15) is 31.8 Å². The summed E-state index contributed by atoms with van der Waals surface area (Å²) in [6, 6.07) is 16.3. The van der Waals surface area contributed by atoms with Crippen molar-refractivity contribution in [3.63, 3.8) is 0 Å². The zero-order valence-electron chi connectivity index (χ0n) is 16.7. The number of aryl methyl sites for hydroxylation is 1. The Morgan fingerprint density at radius 3 is 2.39 bits per heavy atom. The van der Waals surface area contributed by atoms with Crippen LogP contribution >= 0.6 is 23.2 Å². The van der Waals surface area contributed by atoms with E-state index in [1.807, 2.05) is 6.92 Å². The summed E-state index contributed by atoms with van der Waals surface area (Å²) in [4.78, 5) is 24.5. The van der Waals surface area contributed by atoms with E-state index in [2.05, 4.69) is 10.5 Å². The number of nitrogens with zero attached hydrogens (tertiary/aromatic N) is 1. The summed E-state index contributed by atoms with van der Waals surface area (Å²) in [5, 5.41) is 4.82. The highest BCUT2D eigenvalue weighted by Crippen LogP contribution is 2.28. The van der Waals surface area contributed by atoms with E-state index in [1.165, 1.54) is 13.3 Å². The van der Waals surface area contributed by atoms with Crippen LogP contribution in [0.2, 0.25) is 10.0 Å². The van der Waals surface area contributed by atoms with E-state index >= 15 is 0 Å². The number of carbonyl (C=O) groups is 2. The van der Waals surface area contributed by atoms with Crippen LogP contribution in [0, 0.1) is 6.92 Å². The van der Waals surface area contributed by atoms with Crippen LogP contribution in [0.15, 0.2) is 65.8 Å². The number of rotatable bonds is 6. The highest BCUT2D eigenvalue weighted by Gasteiger charge is 2.13. The Balaban J connectivity index is 1.68. The molecule has 0 saturated carbocycles. The van der Waals surface area contributed by atoms with Crippen molar-refractivity contribution in [2.24, 2.45) is 5.10 Å². The summed E-state index contributed by atoms with van der Waals surface area (Å²) in [6.45, 7) is 1.88. The lowest BCUT2D eigenvalue weighted by Gasteiger charge is -2.10. The summed E-state index contributed by atoms with van der Waals surface area (Å²) in [5.41, 5.74) is 4.69. The minimum atomic E-state index is -0.543. The lowest BCUT2D eigenvalue weighted by atomic mass is 10.1. The fourth-order valence-corrected chi connectivity index (χ4v) is 3.07. The largest absolute Gasteiger partial charge is 0.493 e. The summed E-state index contributed by atoms with van der Waals surface area (Å²) < 4.78 is 10.7. The van der Waals surface area contributed by atoms with E-state index in [9.17, 15) is 9.59 Å². The molecule has 0 aliphatic heterocycles. The molecule has 0 aliphatic carbocycles. The molecule has 8 heteroatoms. The third-order valence-corrected chi connectivity index (χ3v) is 4.78. The zero-order chi connectivity index (χ0) is 22.4. The number of esters is 1.